The summed E-state index contributed by atoms with van der Waals surface area (Å²) in [5.74, 6) is 1.04. The molecule has 5 fully saturated rings. The summed E-state index contributed by atoms with van der Waals surface area (Å²) in [6.45, 7) is 10.7. The summed E-state index contributed by atoms with van der Waals surface area (Å²) in [5, 5.41) is 10.4. The zero-order valence-electron chi connectivity index (χ0n) is 14.5. The van der Waals surface area contributed by atoms with E-state index in [1.54, 1.807) is 0 Å². The average Bonchev–Trinajstić information content (AvgIpc) is 2.48. The number of rotatable bonds is 0. The Labute approximate surface area is 138 Å². The van der Waals surface area contributed by atoms with Gasteiger partial charge in [0.1, 0.15) is 11.9 Å². The van der Waals surface area contributed by atoms with Gasteiger partial charge in [0.2, 0.25) is 0 Å². The Bertz CT molecular complexity index is 618. The summed E-state index contributed by atoms with van der Waals surface area (Å²) in [4.78, 5) is 25.5. The fraction of sp³-hybridized carbons (Fsp3) is 0.800. The first-order valence-corrected chi connectivity index (χ1v) is 9.08. The first-order valence-electron chi connectivity index (χ1n) is 9.08. The van der Waals surface area contributed by atoms with Crippen LogP contribution >= 0.6 is 0 Å². The lowest BCUT2D eigenvalue weighted by Gasteiger charge is -2.67. The molecule has 0 saturated heterocycles. The van der Waals surface area contributed by atoms with E-state index < -0.39 is 11.5 Å². The van der Waals surface area contributed by atoms with Gasteiger partial charge in [-0.15, -0.1) is 0 Å². The monoisotopic (exact) mass is 316 g/mol. The van der Waals surface area contributed by atoms with Gasteiger partial charge in [-0.3, -0.25) is 9.59 Å². The Hall–Kier alpha value is -0.960. The SMILES string of the molecule is C=C1C[C@@]23CC[C@@H]4C(C)(C)C(=O)CC[C@@]4(C)[C@@H]2C[C@@H]1C(O)C3=O. The number of Topliss-reactive ketones (excluding diaryl/α,β-unsaturated/α-hetero) is 2. The molecular weight excluding hydrogens is 288 g/mol. The fourth-order valence-electron chi connectivity index (χ4n) is 7.09. The van der Waals surface area contributed by atoms with Crippen LogP contribution in [0.25, 0.3) is 0 Å². The van der Waals surface area contributed by atoms with Crippen molar-refractivity contribution in [1.29, 1.82) is 0 Å². The Morgan fingerprint density at radius 2 is 1.83 bits per heavy atom. The number of fused-ring (bicyclic) bond motifs is 3. The third kappa shape index (κ3) is 1.65. The molecule has 1 N–H and O–H groups in total. The molecule has 0 heterocycles. The van der Waals surface area contributed by atoms with Gasteiger partial charge in [0.05, 0.1) is 0 Å². The number of aliphatic hydroxyl groups is 1. The molecule has 1 spiro atoms. The van der Waals surface area contributed by atoms with Gasteiger partial charge in [0.25, 0.3) is 0 Å². The topological polar surface area (TPSA) is 54.4 Å². The second kappa shape index (κ2) is 4.36. The van der Waals surface area contributed by atoms with Gasteiger partial charge in [-0.2, -0.15) is 0 Å². The van der Waals surface area contributed by atoms with Crippen molar-refractivity contribution < 1.29 is 14.7 Å². The summed E-state index contributed by atoms with van der Waals surface area (Å²) in [7, 11) is 0. The summed E-state index contributed by atoms with van der Waals surface area (Å²) < 4.78 is 0. The minimum Gasteiger partial charge on any atom is -0.385 e. The number of ketones is 2. The summed E-state index contributed by atoms with van der Waals surface area (Å²) >= 11 is 0. The van der Waals surface area contributed by atoms with Crippen molar-refractivity contribution in [1.82, 2.24) is 0 Å². The van der Waals surface area contributed by atoms with Gasteiger partial charge >= 0.3 is 0 Å². The number of carbonyl (C=O) groups is 2. The van der Waals surface area contributed by atoms with Crippen molar-refractivity contribution in [2.24, 2.45) is 34.0 Å². The maximum absolute atomic E-state index is 13.0. The van der Waals surface area contributed by atoms with Gasteiger partial charge in [-0.05, 0) is 49.4 Å². The highest BCUT2D eigenvalue weighted by Crippen LogP contribution is 2.70. The molecule has 5 saturated carbocycles. The van der Waals surface area contributed by atoms with Crippen LogP contribution in [0.3, 0.4) is 0 Å². The van der Waals surface area contributed by atoms with E-state index in [2.05, 4.69) is 27.4 Å². The molecule has 23 heavy (non-hydrogen) atoms. The average molecular weight is 316 g/mol. The molecule has 6 atom stereocenters. The van der Waals surface area contributed by atoms with Crippen LogP contribution in [-0.2, 0) is 9.59 Å². The van der Waals surface area contributed by atoms with Gasteiger partial charge in [0.15, 0.2) is 5.78 Å². The third-order valence-electron chi connectivity index (χ3n) is 8.32. The second-order valence-corrected chi connectivity index (χ2v) is 9.44. The zero-order chi connectivity index (χ0) is 16.8. The predicted octanol–water partition coefficient (Wildman–Crippen LogP) is 3.30. The third-order valence-corrected chi connectivity index (χ3v) is 8.32. The van der Waals surface area contributed by atoms with Crippen LogP contribution in [0.5, 0.6) is 0 Å². The van der Waals surface area contributed by atoms with E-state index in [0.29, 0.717) is 24.0 Å². The number of hydrogen-bond donors (Lipinski definition) is 1. The van der Waals surface area contributed by atoms with Crippen molar-refractivity contribution >= 4 is 11.6 Å². The highest BCUT2D eigenvalue weighted by Gasteiger charge is 2.69. The van der Waals surface area contributed by atoms with E-state index in [-0.39, 0.29) is 22.5 Å². The Balaban J connectivity index is 1.81. The molecule has 0 aromatic heterocycles. The van der Waals surface area contributed by atoms with Crippen LogP contribution in [-0.4, -0.2) is 22.8 Å². The lowest BCUT2D eigenvalue weighted by molar-refractivity contribution is -0.194. The van der Waals surface area contributed by atoms with Crippen molar-refractivity contribution in [2.75, 3.05) is 0 Å². The minimum absolute atomic E-state index is 0.0322. The summed E-state index contributed by atoms with van der Waals surface area (Å²) in [6, 6.07) is 0. The smallest absolute Gasteiger partial charge is 0.168 e. The van der Waals surface area contributed by atoms with Crippen LogP contribution in [0.15, 0.2) is 12.2 Å². The molecule has 1 unspecified atom stereocenters. The maximum atomic E-state index is 13.0. The van der Waals surface area contributed by atoms with Crippen LogP contribution in [0.2, 0.25) is 0 Å². The molecule has 126 valence electrons. The van der Waals surface area contributed by atoms with Crippen molar-refractivity contribution in [3.63, 3.8) is 0 Å². The molecule has 0 amide bonds. The van der Waals surface area contributed by atoms with Crippen LogP contribution < -0.4 is 0 Å². The Kier molecular flexibility index (Phi) is 2.95. The van der Waals surface area contributed by atoms with Crippen LogP contribution in [0.1, 0.15) is 59.3 Å². The van der Waals surface area contributed by atoms with E-state index in [9.17, 15) is 14.7 Å². The van der Waals surface area contributed by atoms with Crippen LogP contribution in [0.4, 0.5) is 0 Å². The fourth-order valence-corrected chi connectivity index (χ4v) is 7.09. The normalized spacial score (nSPS) is 51.4. The molecule has 2 bridgehead atoms. The highest BCUT2D eigenvalue weighted by atomic mass is 16.3. The predicted molar refractivity (Wildman–Crippen MR) is 87.7 cm³/mol. The molecule has 3 heteroatoms. The first kappa shape index (κ1) is 15.6. The largest absolute Gasteiger partial charge is 0.385 e. The van der Waals surface area contributed by atoms with Crippen LogP contribution in [0, 0.1) is 34.0 Å². The van der Waals surface area contributed by atoms with Crippen molar-refractivity contribution in [2.45, 2.75) is 65.4 Å². The van der Waals surface area contributed by atoms with E-state index >= 15 is 0 Å². The van der Waals surface area contributed by atoms with Crippen molar-refractivity contribution in [3.05, 3.63) is 12.2 Å². The molecule has 0 radical (unpaired) electrons. The zero-order valence-corrected chi connectivity index (χ0v) is 14.5. The number of aliphatic hydroxyl groups excluding tert-OH is 1. The van der Waals surface area contributed by atoms with E-state index in [1.807, 2.05) is 0 Å². The Morgan fingerprint density at radius 1 is 1.13 bits per heavy atom. The quantitative estimate of drug-likeness (QED) is 0.698. The molecule has 5 aliphatic carbocycles. The molecular formula is C20H28O3. The highest BCUT2D eigenvalue weighted by molar-refractivity contribution is 5.93. The standard InChI is InChI=1S/C20H28O3/c1-11-10-20-8-5-13-18(2,3)15(21)6-7-19(13,4)14(20)9-12(11)16(22)17(20)23/h12-14,16,22H,1,5-10H2,2-4H3/t12-,13+,14-,16?,19+,20-/m0/s1. The van der Waals surface area contributed by atoms with Gasteiger partial charge in [-0.25, -0.2) is 0 Å². The number of carbonyl (C=O) groups excluding carboxylic acids is 2. The summed E-state index contributed by atoms with van der Waals surface area (Å²) in [6.07, 6.45) is 4.06. The first-order chi connectivity index (χ1) is 10.6. The molecule has 0 aromatic rings. The lowest BCUT2D eigenvalue weighted by Crippen LogP contribution is -2.67. The maximum Gasteiger partial charge on any atom is 0.168 e. The van der Waals surface area contributed by atoms with Gasteiger partial charge in [-0.1, -0.05) is 32.9 Å². The van der Waals surface area contributed by atoms with E-state index in [0.717, 1.165) is 37.7 Å². The Morgan fingerprint density at radius 3 is 2.52 bits per heavy atom. The molecule has 0 aromatic carbocycles. The van der Waals surface area contributed by atoms with E-state index in [4.69, 9.17) is 0 Å². The van der Waals surface area contributed by atoms with Crippen molar-refractivity contribution in [3.8, 4) is 0 Å². The summed E-state index contributed by atoms with van der Waals surface area (Å²) in [5.41, 5.74) is 0.406. The second-order valence-electron chi connectivity index (χ2n) is 9.44. The molecule has 0 aliphatic heterocycles. The van der Waals surface area contributed by atoms with Gasteiger partial charge < -0.3 is 5.11 Å². The molecule has 3 nitrogen and oxygen atoms in total. The molecule has 5 aliphatic rings. The number of hydrogen-bond acceptors (Lipinski definition) is 3. The minimum atomic E-state index is -0.842. The van der Waals surface area contributed by atoms with E-state index in [1.165, 1.54) is 0 Å². The molecule has 5 rings (SSSR count). The van der Waals surface area contributed by atoms with Gasteiger partial charge in [0, 0.05) is 23.2 Å². The lowest BCUT2D eigenvalue weighted by atomic mass is 9.36.